The van der Waals surface area contributed by atoms with E-state index in [0.717, 1.165) is 12.1 Å². The molecule has 1 aliphatic rings. The highest BCUT2D eigenvalue weighted by Crippen LogP contribution is 2.21. The van der Waals surface area contributed by atoms with Crippen LogP contribution in [0.1, 0.15) is 0 Å². The molecule has 31 heavy (non-hydrogen) atoms. The molecule has 2 N–H and O–H groups in total. The summed E-state index contributed by atoms with van der Waals surface area (Å²) in [6.07, 6.45) is 0. The van der Waals surface area contributed by atoms with Gasteiger partial charge in [0.2, 0.25) is 5.91 Å². The van der Waals surface area contributed by atoms with Gasteiger partial charge in [-0.1, -0.05) is 12.1 Å². The standard InChI is InChI=1S/C20H21F4N5O.HI/c1-25-20(26-12-17(30)27-15-7-6-14(22)18(23)19(15)24)29-10-8-28(9-11-29)16-5-3-2-4-13(16)21;/h2-7H,8-12H2,1H3,(H,25,26)(H,27,30);1H. The topological polar surface area (TPSA) is 60.0 Å². The monoisotopic (exact) mass is 551 g/mol. The summed E-state index contributed by atoms with van der Waals surface area (Å²) in [5, 5.41) is 5.04. The van der Waals surface area contributed by atoms with E-state index >= 15 is 0 Å². The van der Waals surface area contributed by atoms with Crippen LogP contribution >= 0.6 is 24.0 Å². The van der Waals surface area contributed by atoms with Gasteiger partial charge >= 0.3 is 0 Å². The van der Waals surface area contributed by atoms with Crippen LogP contribution < -0.4 is 15.5 Å². The molecule has 1 fully saturated rings. The first kappa shape index (κ1) is 24.7. The molecule has 3 rings (SSSR count). The fourth-order valence-corrected chi connectivity index (χ4v) is 3.18. The Balaban J connectivity index is 0.00000341. The van der Waals surface area contributed by atoms with Crippen LogP contribution in [0, 0.1) is 23.3 Å². The highest BCUT2D eigenvalue weighted by Gasteiger charge is 2.22. The molecule has 0 saturated carbocycles. The minimum absolute atomic E-state index is 0. The van der Waals surface area contributed by atoms with Gasteiger partial charge in [0.15, 0.2) is 23.4 Å². The van der Waals surface area contributed by atoms with Gasteiger partial charge in [0, 0.05) is 33.2 Å². The third-order valence-corrected chi connectivity index (χ3v) is 4.70. The van der Waals surface area contributed by atoms with Gasteiger partial charge < -0.3 is 20.4 Å². The zero-order valence-corrected chi connectivity index (χ0v) is 19.0. The van der Waals surface area contributed by atoms with Crippen LogP contribution in [-0.4, -0.2) is 56.5 Å². The van der Waals surface area contributed by atoms with Crippen LogP contribution in [0.15, 0.2) is 41.4 Å². The number of carbonyl (C=O) groups is 1. The average molecular weight is 551 g/mol. The smallest absolute Gasteiger partial charge is 0.243 e. The Morgan fingerprint density at radius 3 is 2.29 bits per heavy atom. The Bertz CT molecular complexity index is 951. The summed E-state index contributed by atoms with van der Waals surface area (Å²) in [4.78, 5) is 20.0. The third kappa shape index (κ3) is 5.99. The molecular formula is C20H22F4IN5O. The van der Waals surface area contributed by atoms with Gasteiger partial charge in [-0.25, -0.2) is 17.6 Å². The molecule has 1 amide bonds. The lowest BCUT2D eigenvalue weighted by Gasteiger charge is -2.37. The molecule has 1 heterocycles. The quantitative estimate of drug-likeness (QED) is 0.202. The molecule has 0 aliphatic carbocycles. The molecule has 2 aromatic carbocycles. The van der Waals surface area contributed by atoms with E-state index in [2.05, 4.69) is 15.6 Å². The van der Waals surface area contributed by atoms with Crippen LogP contribution in [0.5, 0.6) is 0 Å². The molecule has 1 aliphatic heterocycles. The Kier molecular flexibility index (Phi) is 8.89. The highest BCUT2D eigenvalue weighted by atomic mass is 127. The fourth-order valence-electron chi connectivity index (χ4n) is 3.18. The number of carbonyl (C=O) groups excluding carboxylic acids is 1. The number of rotatable bonds is 4. The molecular weight excluding hydrogens is 529 g/mol. The average Bonchev–Trinajstić information content (AvgIpc) is 2.75. The van der Waals surface area contributed by atoms with Crippen molar-refractivity contribution < 1.29 is 22.4 Å². The maximum Gasteiger partial charge on any atom is 0.243 e. The number of benzene rings is 2. The molecule has 0 radical (unpaired) electrons. The van der Waals surface area contributed by atoms with E-state index in [-0.39, 0.29) is 36.3 Å². The predicted molar refractivity (Wildman–Crippen MR) is 122 cm³/mol. The van der Waals surface area contributed by atoms with Crippen molar-refractivity contribution in [2.45, 2.75) is 0 Å². The van der Waals surface area contributed by atoms with E-state index < -0.39 is 29.0 Å². The van der Waals surface area contributed by atoms with Crippen molar-refractivity contribution in [3.63, 3.8) is 0 Å². The van der Waals surface area contributed by atoms with Gasteiger partial charge in [-0.2, -0.15) is 0 Å². The number of nitrogens with zero attached hydrogens (tertiary/aromatic N) is 3. The van der Waals surface area contributed by atoms with Gasteiger partial charge in [-0.15, -0.1) is 24.0 Å². The second kappa shape index (κ2) is 11.2. The van der Waals surface area contributed by atoms with Gasteiger partial charge in [0.1, 0.15) is 5.82 Å². The van der Waals surface area contributed by atoms with Crippen LogP contribution in [0.4, 0.5) is 28.9 Å². The van der Waals surface area contributed by atoms with Crippen molar-refractivity contribution in [2.24, 2.45) is 4.99 Å². The largest absolute Gasteiger partial charge is 0.366 e. The van der Waals surface area contributed by atoms with E-state index in [1.54, 1.807) is 25.2 Å². The highest BCUT2D eigenvalue weighted by molar-refractivity contribution is 14.0. The molecule has 0 unspecified atom stereocenters. The molecule has 0 bridgehead atoms. The first-order valence-corrected chi connectivity index (χ1v) is 9.29. The number of aliphatic imine (C=N–C) groups is 1. The number of hydrogen-bond donors (Lipinski definition) is 2. The van der Waals surface area contributed by atoms with Crippen molar-refractivity contribution >= 4 is 47.2 Å². The van der Waals surface area contributed by atoms with Crippen molar-refractivity contribution in [2.75, 3.05) is 50.0 Å². The first-order valence-electron chi connectivity index (χ1n) is 9.29. The minimum Gasteiger partial charge on any atom is -0.366 e. The van der Waals surface area contributed by atoms with Crippen molar-refractivity contribution in [1.82, 2.24) is 10.2 Å². The van der Waals surface area contributed by atoms with Crippen LogP contribution in [-0.2, 0) is 4.79 Å². The lowest BCUT2D eigenvalue weighted by Crippen LogP contribution is -2.53. The zero-order valence-electron chi connectivity index (χ0n) is 16.7. The number of guanidine groups is 1. The molecule has 6 nitrogen and oxygen atoms in total. The zero-order chi connectivity index (χ0) is 21.7. The normalized spacial score (nSPS) is 14.2. The van der Waals surface area contributed by atoms with E-state index in [0.29, 0.717) is 37.8 Å². The lowest BCUT2D eigenvalue weighted by atomic mass is 10.2. The van der Waals surface area contributed by atoms with Crippen molar-refractivity contribution in [1.29, 1.82) is 0 Å². The molecule has 0 spiro atoms. The van der Waals surface area contributed by atoms with Crippen LogP contribution in [0.3, 0.4) is 0 Å². The maximum absolute atomic E-state index is 14.0. The summed E-state index contributed by atoms with van der Waals surface area (Å²) in [7, 11) is 1.55. The Labute approximate surface area is 194 Å². The number of piperazine rings is 1. The fraction of sp³-hybridized carbons (Fsp3) is 0.300. The molecule has 0 atom stereocenters. The second-order valence-corrected chi connectivity index (χ2v) is 6.60. The molecule has 11 heteroatoms. The summed E-state index contributed by atoms with van der Waals surface area (Å²) in [5.74, 6) is -4.93. The van der Waals surface area contributed by atoms with Crippen LogP contribution in [0.2, 0.25) is 0 Å². The number of para-hydroxylation sites is 1. The third-order valence-electron chi connectivity index (χ3n) is 4.70. The van der Waals surface area contributed by atoms with E-state index in [9.17, 15) is 22.4 Å². The van der Waals surface area contributed by atoms with Gasteiger partial charge in [-0.05, 0) is 24.3 Å². The van der Waals surface area contributed by atoms with Gasteiger partial charge in [0.05, 0.1) is 17.9 Å². The van der Waals surface area contributed by atoms with Crippen molar-refractivity contribution in [3.8, 4) is 0 Å². The van der Waals surface area contributed by atoms with Crippen molar-refractivity contribution in [3.05, 3.63) is 59.7 Å². The predicted octanol–water partition coefficient (Wildman–Crippen LogP) is 3.20. The maximum atomic E-state index is 14.0. The molecule has 168 valence electrons. The Morgan fingerprint density at radius 1 is 0.968 bits per heavy atom. The molecule has 2 aromatic rings. The summed E-state index contributed by atoms with van der Waals surface area (Å²) in [6.45, 7) is 1.97. The Morgan fingerprint density at radius 2 is 1.65 bits per heavy atom. The number of amides is 1. The first-order chi connectivity index (χ1) is 14.4. The number of anilines is 2. The number of halogens is 5. The summed E-state index contributed by atoms with van der Waals surface area (Å²) in [6, 6.07) is 8.23. The van der Waals surface area contributed by atoms with E-state index in [1.165, 1.54) is 6.07 Å². The summed E-state index contributed by atoms with van der Waals surface area (Å²) < 4.78 is 53.9. The molecule has 1 saturated heterocycles. The summed E-state index contributed by atoms with van der Waals surface area (Å²) >= 11 is 0. The summed E-state index contributed by atoms with van der Waals surface area (Å²) in [5.41, 5.74) is 0.0854. The second-order valence-electron chi connectivity index (χ2n) is 6.60. The van der Waals surface area contributed by atoms with Crippen LogP contribution in [0.25, 0.3) is 0 Å². The van der Waals surface area contributed by atoms with E-state index in [4.69, 9.17) is 0 Å². The number of hydrogen-bond acceptors (Lipinski definition) is 3. The minimum atomic E-state index is -1.65. The lowest BCUT2D eigenvalue weighted by molar-refractivity contribution is -0.115. The SMILES string of the molecule is CN=C(NCC(=O)Nc1ccc(F)c(F)c1F)N1CCN(c2ccccc2F)CC1.I. The van der Waals surface area contributed by atoms with Gasteiger partial charge in [-0.3, -0.25) is 9.79 Å². The Hall–Kier alpha value is -2.57. The number of nitrogens with one attached hydrogen (secondary N) is 2. The van der Waals surface area contributed by atoms with Gasteiger partial charge in [0.25, 0.3) is 0 Å². The van der Waals surface area contributed by atoms with E-state index in [1.807, 2.05) is 9.80 Å². The molecule has 0 aromatic heterocycles.